The molecule has 1 aromatic rings. The molecule has 0 bridgehead atoms. The third-order valence-electron chi connectivity index (χ3n) is 5.01. The molecule has 0 aliphatic rings. The highest BCUT2D eigenvalue weighted by molar-refractivity contribution is 7.17. The molecule has 0 heterocycles. The van der Waals surface area contributed by atoms with Gasteiger partial charge in [-0.1, -0.05) is 66.3 Å². The summed E-state index contributed by atoms with van der Waals surface area (Å²) in [5.41, 5.74) is -0.347. The second kappa shape index (κ2) is 24.5. The Balaban J connectivity index is -0.00000201. The van der Waals surface area contributed by atoms with Crippen molar-refractivity contribution in [3.63, 3.8) is 0 Å². The number of rotatable bonds is 11. The van der Waals surface area contributed by atoms with Crippen LogP contribution < -0.4 is 10.9 Å². The first-order valence-electron chi connectivity index (χ1n) is 12.2. The van der Waals surface area contributed by atoms with E-state index in [0.29, 0.717) is 29.9 Å². The molecule has 0 radical (unpaired) electrons. The predicted molar refractivity (Wildman–Crippen MR) is 166 cm³/mol. The molecule has 0 saturated carbocycles. The van der Waals surface area contributed by atoms with Gasteiger partial charge in [0.25, 0.3) is 0 Å². The lowest BCUT2D eigenvalue weighted by atomic mass is 9.89. The van der Waals surface area contributed by atoms with Gasteiger partial charge in [-0.15, -0.1) is 18.0 Å². The minimum absolute atomic E-state index is 0.264. The van der Waals surface area contributed by atoms with Crippen molar-refractivity contribution in [1.29, 1.82) is 0 Å². The van der Waals surface area contributed by atoms with E-state index < -0.39 is 17.4 Å². The van der Waals surface area contributed by atoms with Gasteiger partial charge in [-0.05, 0) is 62.8 Å². The highest BCUT2D eigenvalue weighted by atomic mass is 35.5. The Labute approximate surface area is 241 Å². The van der Waals surface area contributed by atoms with Gasteiger partial charge >= 0.3 is 0 Å². The number of halogens is 4. The van der Waals surface area contributed by atoms with Crippen LogP contribution in [-0.4, -0.2) is 36.8 Å². The zero-order valence-corrected chi connectivity index (χ0v) is 26.2. The average molecular weight is 589 g/mol. The quantitative estimate of drug-likeness (QED) is 0.0522. The molecule has 0 aliphatic heterocycles. The fourth-order valence-corrected chi connectivity index (χ4v) is 3.21. The topological polar surface area (TPSA) is 58.7 Å². The van der Waals surface area contributed by atoms with Crippen molar-refractivity contribution in [3.05, 3.63) is 89.6 Å². The van der Waals surface area contributed by atoms with Gasteiger partial charge in [-0.2, -0.15) is 0 Å². The molecule has 0 aliphatic carbocycles. The van der Waals surface area contributed by atoms with Crippen LogP contribution in [-0.2, 0) is 4.74 Å². The molecule has 0 spiro atoms. The minimum Gasteiger partial charge on any atom is -0.490 e. The number of terminal acetylenes is 1. The van der Waals surface area contributed by atoms with E-state index in [0.717, 1.165) is 0 Å². The van der Waals surface area contributed by atoms with Crippen LogP contribution in [0.15, 0.2) is 83.8 Å². The summed E-state index contributed by atoms with van der Waals surface area (Å²) in [6, 6.07) is 5.58. The van der Waals surface area contributed by atoms with Crippen LogP contribution in [0.3, 0.4) is 0 Å². The van der Waals surface area contributed by atoms with E-state index in [4.69, 9.17) is 17.0 Å². The summed E-state index contributed by atoms with van der Waals surface area (Å²) < 4.78 is 42.9. The first-order valence-corrected chi connectivity index (χ1v) is 13.6. The van der Waals surface area contributed by atoms with Gasteiger partial charge in [0.05, 0.1) is 12.9 Å². The number of hydrogen-bond acceptors (Lipinski definition) is 4. The minimum atomic E-state index is -1.81. The number of alkyl halides is 3. The van der Waals surface area contributed by atoms with Gasteiger partial charge in [0.1, 0.15) is 35.4 Å². The van der Waals surface area contributed by atoms with E-state index in [1.165, 1.54) is 35.7 Å². The van der Waals surface area contributed by atoms with E-state index in [9.17, 15) is 18.3 Å². The van der Waals surface area contributed by atoms with Crippen molar-refractivity contribution in [2.75, 3.05) is 25.2 Å². The van der Waals surface area contributed by atoms with E-state index in [-0.39, 0.29) is 12.4 Å². The molecular weight excluding hydrogens is 544 g/mol. The first-order chi connectivity index (χ1) is 18.6. The molecule has 0 amide bonds. The number of hydrogen-bond donors (Lipinski definition) is 2. The Morgan fingerprint density at radius 3 is 2.18 bits per heavy atom. The van der Waals surface area contributed by atoms with Crippen molar-refractivity contribution >= 4 is 26.5 Å². The molecule has 0 aromatic heterocycles. The Morgan fingerprint density at radius 1 is 1.21 bits per heavy atom. The van der Waals surface area contributed by atoms with E-state index >= 15 is 0 Å². The summed E-state index contributed by atoms with van der Waals surface area (Å²) in [5, 5.41) is 12.3. The van der Waals surface area contributed by atoms with Gasteiger partial charge in [0, 0.05) is 12.3 Å². The standard InChI is InChI=1S/C26H33F2N2O2P.C2H6.CH3Cl.CH3F/c1-6-9-11-23(10-7-2)32-18-26(31,25(28)33)20(5)13-12-19(4)24(8-3)30(29)22-16-14-21(27)15-17-22;3*1-2/h3,6-7,9-17,20,25,31H,18,29,33H2,1-2,4-5H3;1-2H3;2*1H3/b9-6+,10-7-,13-12?,23-11+,24-19+;;;. The zero-order chi connectivity index (χ0) is 31.0. The van der Waals surface area contributed by atoms with Crippen LogP contribution in [0.5, 0.6) is 0 Å². The van der Waals surface area contributed by atoms with E-state index in [1.54, 1.807) is 50.3 Å². The highest BCUT2D eigenvalue weighted by Gasteiger charge is 2.40. The fraction of sp³-hybridized carbons (Fsp3) is 0.400. The van der Waals surface area contributed by atoms with Crippen LogP contribution in [0.25, 0.3) is 0 Å². The molecule has 0 fully saturated rings. The molecule has 1 rings (SSSR count). The maximum atomic E-state index is 14.5. The van der Waals surface area contributed by atoms with Gasteiger partial charge < -0.3 is 9.84 Å². The van der Waals surface area contributed by atoms with Crippen molar-refractivity contribution in [2.45, 2.75) is 53.1 Å². The van der Waals surface area contributed by atoms with Crippen molar-refractivity contribution in [1.82, 2.24) is 0 Å². The number of aliphatic hydroxyl groups is 1. The van der Waals surface area contributed by atoms with Crippen molar-refractivity contribution < 1.29 is 23.0 Å². The second-order valence-corrected chi connectivity index (χ2v) is 8.03. The number of anilines is 1. The molecule has 4 atom stereocenters. The Hall–Kier alpha value is -2.49. The zero-order valence-electron chi connectivity index (χ0n) is 24.3. The molecular formula is C30H45ClF3N2O2P. The molecule has 220 valence electrons. The van der Waals surface area contributed by atoms with Crippen LogP contribution in [0, 0.1) is 24.1 Å². The van der Waals surface area contributed by atoms with Crippen LogP contribution in [0.4, 0.5) is 18.9 Å². The Morgan fingerprint density at radius 2 is 1.74 bits per heavy atom. The second-order valence-electron chi connectivity index (χ2n) is 7.45. The maximum Gasteiger partial charge on any atom is 0.145 e. The molecule has 9 heteroatoms. The number of nitrogens with two attached hydrogens (primary N) is 1. The van der Waals surface area contributed by atoms with Crippen molar-refractivity contribution in [3.8, 4) is 12.3 Å². The van der Waals surface area contributed by atoms with Crippen LogP contribution in [0.2, 0.25) is 0 Å². The van der Waals surface area contributed by atoms with Gasteiger partial charge in [0.2, 0.25) is 0 Å². The average Bonchev–Trinajstić information content (AvgIpc) is 2.96. The van der Waals surface area contributed by atoms with Gasteiger partial charge in [-0.3, -0.25) is 9.40 Å². The lowest BCUT2D eigenvalue weighted by Gasteiger charge is -2.34. The van der Waals surface area contributed by atoms with E-state index in [1.807, 2.05) is 43.0 Å². The van der Waals surface area contributed by atoms with Crippen LogP contribution >= 0.6 is 20.8 Å². The summed E-state index contributed by atoms with van der Waals surface area (Å²) in [4.78, 5) is 0. The first kappa shape index (κ1) is 41.0. The third kappa shape index (κ3) is 15.0. The summed E-state index contributed by atoms with van der Waals surface area (Å²) >= 11 is 4.64. The predicted octanol–water partition coefficient (Wildman–Crippen LogP) is 8.03. The lowest BCUT2D eigenvalue weighted by molar-refractivity contribution is -0.0772. The normalized spacial score (nSPS) is 14.9. The SMILES string of the molecule is C#C/C(=C(/C)C=CC(C)C(O)(COC(/C=C\C)=C/C=C/C)C(F)P)N(N)c1ccc(F)cc1.CC.CCl.CF. The number of benzene rings is 1. The Kier molecular flexibility index (Phi) is 25.8. The molecule has 4 unspecified atom stereocenters. The summed E-state index contributed by atoms with van der Waals surface area (Å²) in [6.07, 6.45) is 19.3. The molecule has 0 saturated heterocycles. The highest BCUT2D eigenvalue weighted by Crippen LogP contribution is 2.31. The number of hydrazine groups is 1. The largest absolute Gasteiger partial charge is 0.490 e. The number of allylic oxidation sites excluding steroid dienone is 8. The third-order valence-corrected chi connectivity index (χ3v) is 5.59. The maximum absolute atomic E-state index is 14.5. The fourth-order valence-electron chi connectivity index (χ4n) is 2.81. The number of nitrogens with zero attached hydrogens (tertiary/aromatic N) is 1. The van der Waals surface area contributed by atoms with Crippen molar-refractivity contribution in [2.24, 2.45) is 11.8 Å². The summed E-state index contributed by atoms with van der Waals surface area (Å²) in [7, 11) is 2.49. The number of ether oxygens (including phenoxy) is 1. The Bertz CT molecular complexity index is 971. The van der Waals surface area contributed by atoms with Crippen LogP contribution in [0.1, 0.15) is 41.5 Å². The lowest BCUT2D eigenvalue weighted by Crippen LogP contribution is -2.46. The summed E-state index contributed by atoms with van der Waals surface area (Å²) in [5.74, 6) is 6.47. The summed E-state index contributed by atoms with van der Waals surface area (Å²) in [6.45, 7) is 10.9. The monoisotopic (exact) mass is 588 g/mol. The van der Waals surface area contributed by atoms with Gasteiger partial charge in [-0.25, -0.2) is 14.6 Å². The molecule has 3 N–H and O–H groups in total. The molecule has 4 nitrogen and oxygen atoms in total. The molecule has 39 heavy (non-hydrogen) atoms. The van der Waals surface area contributed by atoms with E-state index in [2.05, 4.69) is 17.5 Å². The smallest absolute Gasteiger partial charge is 0.145 e. The molecule has 1 aromatic carbocycles. The van der Waals surface area contributed by atoms with Gasteiger partial charge in [0.15, 0.2) is 0 Å².